The van der Waals surface area contributed by atoms with Gasteiger partial charge in [-0.05, 0) is 62.2 Å². The van der Waals surface area contributed by atoms with Crippen molar-refractivity contribution in [2.24, 2.45) is 0 Å². The van der Waals surface area contributed by atoms with Gasteiger partial charge in [0, 0.05) is 12.7 Å². The van der Waals surface area contributed by atoms with Crippen LogP contribution in [0.1, 0.15) is 36.2 Å². The molecule has 0 aliphatic heterocycles. The van der Waals surface area contributed by atoms with E-state index in [1.165, 1.54) is 7.05 Å². The summed E-state index contributed by atoms with van der Waals surface area (Å²) in [7, 11) is -1.91. The first-order valence-corrected chi connectivity index (χ1v) is 11.7. The maximum atomic E-state index is 12.8. The van der Waals surface area contributed by atoms with Crippen molar-refractivity contribution in [2.75, 3.05) is 29.5 Å². The molecule has 0 aromatic heterocycles. The van der Waals surface area contributed by atoms with Gasteiger partial charge in [0.1, 0.15) is 5.75 Å². The number of hydrogen-bond acceptors (Lipinski definition) is 6. The summed E-state index contributed by atoms with van der Waals surface area (Å²) in [5, 5.41) is 2.81. The summed E-state index contributed by atoms with van der Waals surface area (Å²) in [5.41, 5.74) is 2.13. The molecule has 0 bridgehead atoms. The summed E-state index contributed by atoms with van der Waals surface area (Å²) in [4.78, 5) is 24.7. The van der Waals surface area contributed by atoms with Gasteiger partial charge in [-0.1, -0.05) is 13.0 Å². The van der Waals surface area contributed by atoms with Crippen LogP contribution in [0.3, 0.4) is 0 Å². The van der Waals surface area contributed by atoms with Gasteiger partial charge in [0.05, 0.1) is 24.1 Å². The number of amides is 1. The van der Waals surface area contributed by atoms with Crippen molar-refractivity contribution in [1.82, 2.24) is 0 Å². The van der Waals surface area contributed by atoms with Crippen LogP contribution in [0.25, 0.3) is 0 Å². The number of nitrogens with zero attached hydrogens (tertiary/aromatic N) is 1. The zero-order valence-electron chi connectivity index (χ0n) is 18.3. The van der Waals surface area contributed by atoms with E-state index >= 15 is 0 Å². The fourth-order valence-electron chi connectivity index (χ4n) is 2.72. The number of carbonyl (C=O) groups excluding carboxylic acids is 2. The molecule has 0 heterocycles. The van der Waals surface area contributed by atoms with Gasteiger partial charge < -0.3 is 14.8 Å². The van der Waals surface area contributed by atoms with Crippen LogP contribution in [-0.4, -0.2) is 46.3 Å². The average molecular weight is 449 g/mol. The maximum absolute atomic E-state index is 12.8. The number of esters is 1. The van der Waals surface area contributed by atoms with Crippen molar-refractivity contribution in [1.29, 1.82) is 0 Å². The topological polar surface area (TPSA) is 102 Å². The van der Waals surface area contributed by atoms with E-state index in [0.717, 1.165) is 16.1 Å². The van der Waals surface area contributed by atoms with Gasteiger partial charge in [0.25, 0.3) is 5.91 Å². The van der Waals surface area contributed by atoms with E-state index in [0.29, 0.717) is 29.1 Å². The lowest BCUT2D eigenvalue weighted by Crippen LogP contribution is -2.32. The molecule has 0 saturated heterocycles. The van der Waals surface area contributed by atoms with Crippen molar-refractivity contribution in [3.8, 4) is 5.75 Å². The molecule has 0 saturated carbocycles. The number of rotatable bonds is 9. The third-order valence-corrected chi connectivity index (χ3v) is 5.85. The van der Waals surface area contributed by atoms with Crippen LogP contribution in [0.5, 0.6) is 5.75 Å². The van der Waals surface area contributed by atoms with Crippen LogP contribution in [0.2, 0.25) is 0 Å². The fraction of sp³-hybridized carbons (Fsp3) is 0.364. The predicted molar refractivity (Wildman–Crippen MR) is 120 cm³/mol. The molecule has 0 aliphatic carbocycles. The lowest BCUT2D eigenvalue weighted by Gasteiger charge is -2.20. The molecular weight excluding hydrogens is 420 g/mol. The summed E-state index contributed by atoms with van der Waals surface area (Å²) < 4.78 is 35.3. The van der Waals surface area contributed by atoms with E-state index < -0.39 is 22.1 Å². The van der Waals surface area contributed by atoms with Gasteiger partial charge in [-0.2, -0.15) is 0 Å². The molecule has 0 unspecified atom stereocenters. The van der Waals surface area contributed by atoms with Crippen LogP contribution in [0.15, 0.2) is 42.5 Å². The fourth-order valence-corrected chi connectivity index (χ4v) is 3.23. The molecule has 1 amide bonds. The molecule has 9 heteroatoms. The van der Waals surface area contributed by atoms with Crippen molar-refractivity contribution >= 4 is 33.3 Å². The number of ether oxygens (including phenoxy) is 2. The summed E-state index contributed by atoms with van der Waals surface area (Å²) in [5.74, 6) is -0.381. The Labute approximate surface area is 183 Å². The second kappa shape index (κ2) is 10.3. The Bertz CT molecular complexity index is 1030. The molecule has 1 N–H and O–H groups in total. The first-order valence-electron chi connectivity index (χ1n) is 9.86. The van der Waals surface area contributed by atoms with E-state index in [1.54, 1.807) is 49.4 Å². The van der Waals surface area contributed by atoms with E-state index in [4.69, 9.17) is 9.47 Å². The van der Waals surface area contributed by atoms with E-state index in [-0.39, 0.29) is 12.5 Å². The van der Waals surface area contributed by atoms with Crippen LogP contribution >= 0.6 is 0 Å². The average Bonchev–Trinajstić information content (AvgIpc) is 2.72. The Morgan fingerprint density at radius 2 is 1.74 bits per heavy atom. The molecule has 168 valence electrons. The number of hydrogen-bond donors (Lipinski definition) is 1. The molecule has 0 spiro atoms. The molecule has 0 aliphatic rings. The minimum Gasteiger partial charge on any atom is -0.481 e. The third-order valence-electron chi connectivity index (χ3n) is 4.65. The molecule has 2 aromatic rings. The second-order valence-corrected chi connectivity index (χ2v) is 8.99. The molecule has 2 rings (SSSR count). The zero-order chi connectivity index (χ0) is 23.2. The van der Waals surface area contributed by atoms with Crippen LogP contribution in [0, 0.1) is 6.92 Å². The number of benzene rings is 2. The Morgan fingerprint density at radius 3 is 2.29 bits per heavy atom. The molecule has 0 radical (unpaired) electrons. The highest BCUT2D eigenvalue weighted by atomic mass is 32.2. The summed E-state index contributed by atoms with van der Waals surface area (Å²) in [6, 6.07) is 11.4. The van der Waals surface area contributed by atoms with Gasteiger partial charge in [-0.15, -0.1) is 0 Å². The van der Waals surface area contributed by atoms with Crippen LogP contribution in [-0.2, 0) is 19.6 Å². The minimum atomic E-state index is -3.37. The number of nitrogens with one attached hydrogen (secondary N) is 1. The van der Waals surface area contributed by atoms with Crippen LogP contribution < -0.4 is 14.4 Å². The van der Waals surface area contributed by atoms with E-state index in [2.05, 4.69) is 5.32 Å². The Balaban J connectivity index is 2.12. The molecule has 8 nitrogen and oxygen atoms in total. The summed E-state index contributed by atoms with van der Waals surface area (Å²) in [6.07, 6.45) is 0.755. The highest BCUT2D eigenvalue weighted by Gasteiger charge is 2.20. The van der Waals surface area contributed by atoms with Gasteiger partial charge in [0.15, 0.2) is 6.10 Å². The summed E-state index contributed by atoms with van der Waals surface area (Å²) in [6.45, 7) is 5.63. The monoisotopic (exact) mass is 448 g/mol. The van der Waals surface area contributed by atoms with Crippen LogP contribution in [0.4, 0.5) is 11.4 Å². The smallest absolute Gasteiger partial charge is 0.338 e. The number of aryl methyl sites for hydroxylation is 1. The van der Waals surface area contributed by atoms with Gasteiger partial charge >= 0.3 is 5.97 Å². The highest BCUT2D eigenvalue weighted by Crippen LogP contribution is 2.23. The van der Waals surface area contributed by atoms with E-state index in [1.807, 2.05) is 13.8 Å². The molecular formula is C22H28N2O6S. The first kappa shape index (κ1) is 24.2. The minimum absolute atomic E-state index is 0.263. The number of sulfonamides is 1. The van der Waals surface area contributed by atoms with Crippen molar-refractivity contribution in [3.05, 3.63) is 53.6 Å². The van der Waals surface area contributed by atoms with Crippen molar-refractivity contribution < 1.29 is 27.5 Å². The van der Waals surface area contributed by atoms with Crippen molar-refractivity contribution in [3.63, 3.8) is 0 Å². The van der Waals surface area contributed by atoms with Gasteiger partial charge in [-0.3, -0.25) is 9.10 Å². The SMILES string of the molecule is CCOC(=O)c1ccc(C)c(NC(=O)[C@@H](CC)Oc2ccc(N(C)S(C)(=O)=O)cc2)c1. The first-order chi connectivity index (χ1) is 14.6. The lowest BCUT2D eigenvalue weighted by atomic mass is 10.1. The standard InChI is InChI=1S/C22H28N2O6S/c1-6-20(30-18-12-10-17(11-13-18)24(4)31(5,27)28)21(25)23-19-14-16(9-8-15(19)3)22(26)29-7-2/h8-14,20H,6-7H2,1-5H3,(H,23,25)/t20-/m1/s1. The molecule has 31 heavy (non-hydrogen) atoms. The zero-order valence-corrected chi connectivity index (χ0v) is 19.2. The molecule has 2 aromatic carbocycles. The van der Waals surface area contributed by atoms with Gasteiger partial charge in [0.2, 0.25) is 10.0 Å². The Morgan fingerprint density at radius 1 is 1.10 bits per heavy atom. The summed E-state index contributed by atoms with van der Waals surface area (Å²) >= 11 is 0. The lowest BCUT2D eigenvalue weighted by molar-refractivity contribution is -0.122. The maximum Gasteiger partial charge on any atom is 0.338 e. The Kier molecular flexibility index (Phi) is 8.04. The third kappa shape index (κ3) is 6.45. The normalized spacial score (nSPS) is 12.0. The predicted octanol–water partition coefficient (Wildman–Crippen LogP) is 3.36. The number of anilines is 2. The number of carbonyl (C=O) groups is 2. The second-order valence-electron chi connectivity index (χ2n) is 6.98. The highest BCUT2D eigenvalue weighted by molar-refractivity contribution is 7.92. The molecule has 0 fully saturated rings. The Hall–Kier alpha value is -3.07. The molecule has 1 atom stereocenters. The van der Waals surface area contributed by atoms with Gasteiger partial charge in [-0.25, -0.2) is 13.2 Å². The van der Waals surface area contributed by atoms with Crippen molar-refractivity contribution in [2.45, 2.75) is 33.3 Å². The largest absolute Gasteiger partial charge is 0.481 e. The quantitative estimate of drug-likeness (QED) is 0.590. The van der Waals surface area contributed by atoms with E-state index in [9.17, 15) is 18.0 Å².